The molecule has 0 aromatic rings. The second-order valence-corrected chi connectivity index (χ2v) is 11.5. The van der Waals surface area contributed by atoms with Gasteiger partial charge >= 0.3 is 0 Å². The van der Waals surface area contributed by atoms with Crippen LogP contribution in [0.5, 0.6) is 0 Å². The van der Waals surface area contributed by atoms with Crippen LogP contribution in [0.15, 0.2) is 12.2 Å². The number of fused-ring (bicyclic) bond motifs is 1. The molecule has 3 unspecified atom stereocenters. The zero-order valence-electron chi connectivity index (χ0n) is 21.7. The van der Waals surface area contributed by atoms with Crippen molar-refractivity contribution in [3.63, 3.8) is 0 Å². The maximum atomic E-state index is 10.1. The normalized spacial score (nSPS) is 38.2. The summed E-state index contributed by atoms with van der Waals surface area (Å²) < 4.78 is 31.0. The van der Waals surface area contributed by atoms with Crippen LogP contribution in [0, 0.1) is 17.3 Å². The molecule has 0 bridgehead atoms. The van der Waals surface area contributed by atoms with Crippen LogP contribution in [0.1, 0.15) is 97.8 Å². The number of hydrogen-bond acceptors (Lipinski definition) is 6. The first kappa shape index (κ1) is 26.6. The molecular formula is C28H48O6. The van der Waals surface area contributed by atoms with Gasteiger partial charge in [0.15, 0.2) is 18.9 Å². The van der Waals surface area contributed by atoms with Gasteiger partial charge in [-0.1, -0.05) is 45.8 Å². The highest BCUT2D eigenvalue weighted by Gasteiger charge is 2.47. The van der Waals surface area contributed by atoms with Crippen LogP contribution in [0.25, 0.3) is 0 Å². The predicted molar refractivity (Wildman–Crippen MR) is 131 cm³/mol. The molecule has 1 aliphatic carbocycles. The van der Waals surface area contributed by atoms with Crippen molar-refractivity contribution >= 4 is 0 Å². The predicted octanol–water partition coefficient (Wildman–Crippen LogP) is 5.72. The van der Waals surface area contributed by atoms with Crippen molar-refractivity contribution < 1.29 is 28.8 Å². The molecule has 1 saturated carbocycles. The van der Waals surface area contributed by atoms with Crippen molar-refractivity contribution in [2.24, 2.45) is 17.3 Å². The average Bonchev–Trinajstić information content (AvgIpc) is 3.17. The summed E-state index contributed by atoms with van der Waals surface area (Å²) in [6.45, 7) is 8.46. The van der Waals surface area contributed by atoms with Crippen molar-refractivity contribution in [3.8, 4) is 0 Å². The minimum Gasteiger partial charge on any atom is -0.368 e. The summed E-state index contributed by atoms with van der Waals surface area (Å²) in [5.41, 5.74) is 0.0212. The molecule has 4 fully saturated rings. The summed E-state index contributed by atoms with van der Waals surface area (Å²) in [7, 11) is 0. The van der Waals surface area contributed by atoms with Gasteiger partial charge in [0, 0.05) is 25.6 Å². The molecule has 3 heterocycles. The van der Waals surface area contributed by atoms with Crippen LogP contribution in [0.4, 0.5) is 0 Å². The summed E-state index contributed by atoms with van der Waals surface area (Å²) in [6, 6.07) is 0. The van der Waals surface area contributed by atoms with Gasteiger partial charge in [0.1, 0.15) is 0 Å². The van der Waals surface area contributed by atoms with E-state index in [-0.39, 0.29) is 42.2 Å². The van der Waals surface area contributed by atoms with E-state index in [1.165, 1.54) is 19.3 Å². The average molecular weight is 481 g/mol. The van der Waals surface area contributed by atoms with Gasteiger partial charge in [-0.05, 0) is 69.1 Å². The minimum atomic E-state index is -0.650. The smallest absolute Gasteiger partial charge is 0.158 e. The Labute approximate surface area is 206 Å². The van der Waals surface area contributed by atoms with Gasteiger partial charge in [-0.25, -0.2) is 0 Å². The highest BCUT2D eigenvalue weighted by atomic mass is 16.7. The van der Waals surface area contributed by atoms with Crippen molar-refractivity contribution in [2.45, 2.75) is 135 Å². The summed E-state index contributed by atoms with van der Waals surface area (Å²) in [4.78, 5) is 0. The monoisotopic (exact) mass is 480 g/mol. The number of aliphatic hydroxyl groups is 1. The molecule has 0 amide bonds. The van der Waals surface area contributed by atoms with E-state index in [0.29, 0.717) is 12.3 Å². The molecule has 34 heavy (non-hydrogen) atoms. The third-order valence-corrected chi connectivity index (χ3v) is 8.30. The Morgan fingerprint density at radius 3 is 2.41 bits per heavy atom. The highest BCUT2D eigenvalue weighted by molar-refractivity contribution is 5.08. The summed E-state index contributed by atoms with van der Waals surface area (Å²) in [6.07, 6.45) is 16.3. The molecule has 196 valence electrons. The van der Waals surface area contributed by atoms with E-state index in [0.717, 1.165) is 64.6 Å². The molecule has 6 nitrogen and oxygen atoms in total. The lowest BCUT2D eigenvalue weighted by Crippen LogP contribution is -2.37. The van der Waals surface area contributed by atoms with Gasteiger partial charge in [0.2, 0.25) is 0 Å². The number of unbranched alkanes of at least 4 members (excludes halogenated alkanes) is 1. The van der Waals surface area contributed by atoms with Crippen molar-refractivity contribution in [1.29, 1.82) is 0 Å². The molecule has 0 radical (unpaired) electrons. The first-order valence-electron chi connectivity index (χ1n) is 14.0. The van der Waals surface area contributed by atoms with Crippen LogP contribution in [-0.2, 0) is 23.7 Å². The first-order valence-corrected chi connectivity index (χ1v) is 14.0. The summed E-state index contributed by atoms with van der Waals surface area (Å²) in [5.74, 6) is 0.599. The Balaban J connectivity index is 1.50. The number of hydrogen-bond donors (Lipinski definition) is 1. The largest absolute Gasteiger partial charge is 0.368 e. The lowest BCUT2D eigenvalue weighted by atomic mass is 9.80. The molecule has 8 atom stereocenters. The van der Waals surface area contributed by atoms with Gasteiger partial charge in [-0.3, -0.25) is 0 Å². The number of ether oxygens (including phenoxy) is 5. The highest BCUT2D eigenvalue weighted by Crippen LogP contribution is 2.45. The third-order valence-electron chi connectivity index (χ3n) is 8.30. The fraction of sp³-hybridized carbons (Fsp3) is 0.929. The van der Waals surface area contributed by atoms with E-state index in [4.69, 9.17) is 23.7 Å². The van der Waals surface area contributed by atoms with Crippen molar-refractivity contribution in [3.05, 3.63) is 12.2 Å². The van der Waals surface area contributed by atoms with Gasteiger partial charge in [0.05, 0.1) is 18.3 Å². The molecule has 6 heteroatoms. The minimum absolute atomic E-state index is 0.0112. The zero-order chi connectivity index (χ0) is 24.0. The summed E-state index contributed by atoms with van der Waals surface area (Å²) in [5, 5.41) is 10.1. The fourth-order valence-electron chi connectivity index (χ4n) is 6.13. The standard InChI is InChI=1S/C28H48O6/c1-4-5-16-28(2,3)24(34-27-11-7-9-18-31-27)14-12-20-21-13-15-25(29)32-22(21)19-23(20)33-26-10-6-8-17-30-26/h12,14,20-27,29H,4-11,13,15-19H2,1-3H3/b14-12+/t20-,21-,22+,23-,24-,25?,26?,27?/m1/s1. The Bertz CT molecular complexity index is 624. The second kappa shape index (κ2) is 12.6. The Morgan fingerprint density at radius 1 is 1.00 bits per heavy atom. The Hall–Kier alpha value is -0.500. The van der Waals surface area contributed by atoms with Crippen LogP contribution in [-0.4, -0.2) is 55.5 Å². The van der Waals surface area contributed by atoms with Crippen LogP contribution in [0.2, 0.25) is 0 Å². The van der Waals surface area contributed by atoms with E-state index in [1.807, 2.05) is 0 Å². The molecule has 3 saturated heterocycles. The lowest BCUT2D eigenvalue weighted by Gasteiger charge is -2.37. The fourth-order valence-corrected chi connectivity index (χ4v) is 6.13. The SMILES string of the molecule is CCCCC(C)(C)[C@@H](/C=C/[C@@H]1[C@H]2CCC(O)O[C@H]2C[C@H]1OC1CCCCO1)OC1CCCCO1. The molecule has 4 aliphatic rings. The molecule has 1 N–H and O–H groups in total. The van der Waals surface area contributed by atoms with E-state index in [1.54, 1.807) is 0 Å². The van der Waals surface area contributed by atoms with E-state index >= 15 is 0 Å². The zero-order valence-corrected chi connectivity index (χ0v) is 21.7. The van der Waals surface area contributed by atoms with E-state index < -0.39 is 6.29 Å². The van der Waals surface area contributed by atoms with Crippen LogP contribution >= 0.6 is 0 Å². The van der Waals surface area contributed by atoms with Crippen molar-refractivity contribution in [1.82, 2.24) is 0 Å². The topological polar surface area (TPSA) is 66.4 Å². The maximum Gasteiger partial charge on any atom is 0.158 e. The molecule has 0 aromatic carbocycles. The van der Waals surface area contributed by atoms with Gasteiger partial charge in [0.25, 0.3) is 0 Å². The molecular weight excluding hydrogens is 432 g/mol. The lowest BCUT2D eigenvalue weighted by molar-refractivity contribution is -0.198. The van der Waals surface area contributed by atoms with Gasteiger partial charge < -0.3 is 28.8 Å². The number of aliphatic hydroxyl groups excluding tert-OH is 1. The van der Waals surface area contributed by atoms with Crippen LogP contribution in [0.3, 0.4) is 0 Å². The first-order chi connectivity index (χ1) is 16.5. The quantitative estimate of drug-likeness (QED) is 0.404. The Morgan fingerprint density at radius 2 is 1.74 bits per heavy atom. The van der Waals surface area contributed by atoms with Crippen molar-refractivity contribution in [2.75, 3.05) is 13.2 Å². The summed E-state index contributed by atoms with van der Waals surface area (Å²) >= 11 is 0. The third kappa shape index (κ3) is 7.04. The van der Waals surface area contributed by atoms with E-state index in [9.17, 15) is 5.11 Å². The van der Waals surface area contributed by atoms with E-state index in [2.05, 4.69) is 32.9 Å². The molecule has 0 aromatic heterocycles. The molecule has 0 spiro atoms. The van der Waals surface area contributed by atoms with Gasteiger partial charge in [-0.15, -0.1) is 0 Å². The molecule has 4 rings (SSSR count). The second-order valence-electron chi connectivity index (χ2n) is 11.5. The number of rotatable bonds is 10. The Kier molecular flexibility index (Phi) is 9.88. The van der Waals surface area contributed by atoms with Gasteiger partial charge in [-0.2, -0.15) is 0 Å². The maximum absolute atomic E-state index is 10.1. The van der Waals surface area contributed by atoms with Crippen LogP contribution < -0.4 is 0 Å². The molecule has 3 aliphatic heterocycles.